The third-order valence-electron chi connectivity index (χ3n) is 6.32. The minimum absolute atomic E-state index is 0.0147. The summed E-state index contributed by atoms with van der Waals surface area (Å²) < 4.78 is 1.58. The quantitative estimate of drug-likeness (QED) is 0.639. The van der Waals surface area contributed by atoms with E-state index < -0.39 is 6.10 Å². The van der Waals surface area contributed by atoms with Gasteiger partial charge < -0.3 is 15.0 Å². The summed E-state index contributed by atoms with van der Waals surface area (Å²) in [5, 5.41) is 14.1. The molecule has 5 rings (SSSR count). The van der Waals surface area contributed by atoms with Crippen molar-refractivity contribution in [3.05, 3.63) is 52.2 Å². The van der Waals surface area contributed by atoms with E-state index in [1.165, 1.54) is 12.8 Å². The maximum Gasteiger partial charge on any atom is 0.258 e. The largest absolute Gasteiger partial charge is 0.387 e. The van der Waals surface area contributed by atoms with Gasteiger partial charge in [0.25, 0.3) is 5.56 Å². The molecule has 3 aromatic heterocycles. The maximum absolute atomic E-state index is 13.1. The molecule has 2 aliphatic carbocycles. The number of amides is 1. The van der Waals surface area contributed by atoms with E-state index in [1.807, 2.05) is 19.1 Å². The van der Waals surface area contributed by atoms with Crippen LogP contribution < -0.4 is 10.9 Å². The van der Waals surface area contributed by atoms with E-state index in [4.69, 9.17) is 0 Å². The lowest BCUT2D eigenvalue weighted by molar-refractivity contribution is -0.117. The molecular formula is C24H26N4O3. The summed E-state index contributed by atoms with van der Waals surface area (Å²) in [5.74, 6) is 1.14. The first-order valence-electron chi connectivity index (χ1n) is 10.9. The van der Waals surface area contributed by atoms with Crippen LogP contribution >= 0.6 is 0 Å². The van der Waals surface area contributed by atoms with E-state index in [2.05, 4.69) is 15.3 Å². The molecule has 1 unspecified atom stereocenters. The average molecular weight is 418 g/mol. The van der Waals surface area contributed by atoms with Crippen LogP contribution in [0.5, 0.6) is 0 Å². The van der Waals surface area contributed by atoms with Gasteiger partial charge in [0.1, 0.15) is 5.82 Å². The Hall–Kier alpha value is -3.06. The highest BCUT2D eigenvalue weighted by Crippen LogP contribution is 2.37. The van der Waals surface area contributed by atoms with Crippen molar-refractivity contribution >= 4 is 22.6 Å². The molecule has 0 radical (unpaired) electrons. The molecule has 0 aliphatic heterocycles. The number of rotatable bonds is 6. The molecule has 0 spiro atoms. The molecule has 7 heteroatoms. The molecule has 2 saturated carbocycles. The topological polar surface area (TPSA) is 97.1 Å². The summed E-state index contributed by atoms with van der Waals surface area (Å²) in [5.41, 5.74) is 3.41. The Labute approximate surface area is 180 Å². The summed E-state index contributed by atoms with van der Waals surface area (Å²) in [7, 11) is 1.72. The maximum atomic E-state index is 13.1. The Morgan fingerprint density at radius 3 is 2.61 bits per heavy atom. The molecule has 2 aliphatic rings. The number of nitrogens with zero attached hydrogens (tertiary/aromatic N) is 3. The number of carbonyl (C=O) groups excluding carboxylic acids is 1. The normalized spacial score (nSPS) is 17.0. The molecule has 160 valence electrons. The third-order valence-corrected chi connectivity index (χ3v) is 6.32. The number of nitrogens with one attached hydrogen (secondary N) is 1. The monoisotopic (exact) mass is 418 g/mol. The van der Waals surface area contributed by atoms with E-state index in [0.717, 1.165) is 35.8 Å². The van der Waals surface area contributed by atoms with Crippen molar-refractivity contribution in [3.63, 3.8) is 0 Å². The molecule has 2 N–H and O–H groups in total. The van der Waals surface area contributed by atoms with Crippen LogP contribution in [0.15, 0.2) is 35.4 Å². The predicted molar refractivity (Wildman–Crippen MR) is 119 cm³/mol. The van der Waals surface area contributed by atoms with Gasteiger partial charge in [0.2, 0.25) is 5.91 Å². The van der Waals surface area contributed by atoms with Crippen molar-refractivity contribution < 1.29 is 9.90 Å². The minimum Gasteiger partial charge on any atom is -0.387 e. The van der Waals surface area contributed by atoms with Crippen LogP contribution in [0.25, 0.3) is 22.0 Å². The molecule has 1 atom stereocenters. The van der Waals surface area contributed by atoms with Gasteiger partial charge in [0.05, 0.1) is 17.3 Å². The van der Waals surface area contributed by atoms with Crippen LogP contribution in [-0.2, 0) is 11.8 Å². The van der Waals surface area contributed by atoms with Gasteiger partial charge in [0.15, 0.2) is 0 Å². The van der Waals surface area contributed by atoms with Gasteiger partial charge in [-0.1, -0.05) is 12.8 Å². The minimum atomic E-state index is -0.562. The van der Waals surface area contributed by atoms with Gasteiger partial charge in [-0.05, 0) is 49.8 Å². The highest BCUT2D eigenvalue weighted by Gasteiger charge is 2.30. The van der Waals surface area contributed by atoms with Gasteiger partial charge in [-0.3, -0.25) is 14.6 Å². The number of carbonyl (C=O) groups is 1. The Morgan fingerprint density at radius 2 is 1.94 bits per heavy atom. The Bertz CT molecular complexity index is 1240. The Morgan fingerprint density at radius 1 is 1.16 bits per heavy atom. The van der Waals surface area contributed by atoms with Crippen molar-refractivity contribution in [2.75, 3.05) is 5.32 Å². The highest BCUT2D eigenvalue weighted by molar-refractivity contribution is 5.95. The first-order valence-corrected chi connectivity index (χ1v) is 10.9. The molecular weight excluding hydrogens is 392 g/mol. The number of hydrogen-bond donors (Lipinski definition) is 2. The van der Waals surface area contributed by atoms with E-state index in [9.17, 15) is 14.7 Å². The SMILES string of the molecule is Cc1cc(C(O)CC2CC2)ncc1-c1cc2cnc(NC(=O)C3CC3)cc2n(C)c1=O. The van der Waals surface area contributed by atoms with Gasteiger partial charge in [-0.2, -0.15) is 0 Å². The van der Waals surface area contributed by atoms with Crippen LogP contribution in [0.4, 0.5) is 5.82 Å². The van der Waals surface area contributed by atoms with E-state index in [0.29, 0.717) is 28.5 Å². The van der Waals surface area contributed by atoms with E-state index in [1.54, 1.807) is 30.1 Å². The number of aromatic nitrogens is 3. The molecule has 2 fully saturated rings. The number of aliphatic hydroxyl groups is 1. The number of hydrogen-bond acceptors (Lipinski definition) is 5. The zero-order valence-electron chi connectivity index (χ0n) is 17.8. The zero-order valence-corrected chi connectivity index (χ0v) is 17.8. The van der Waals surface area contributed by atoms with Gasteiger partial charge >= 0.3 is 0 Å². The second-order valence-corrected chi connectivity index (χ2v) is 8.93. The Kier molecular flexibility index (Phi) is 4.85. The second-order valence-electron chi connectivity index (χ2n) is 8.93. The fourth-order valence-electron chi connectivity index (χ4n) is 4.03. The molecule has 31 heavy (non-hydrogen) atoms. The summed E-state index contributed by atoms with van der Waals surface area (Å²) in [6.07, 6.45) is 7.75. The number of aliphatic hydroxyl groups excluding tert-OH is 1. The van der Waals surface area contributed by atoms with Crippen LogP contribution in [0.2, 0.25) is 0 Å². The summed E-state index contributed by atoms with van der Waals surface area (Å²) >= 11 is 0. The fraction of sp³-hybridized carbons (Fsp3) is 0.417. The number of aryl methyl sites for hydroxylation is 2. The molecule has 3 heterocycles. The van der Waals surface area contributed by atoms with Crippen molar-refractivity contribution in [1.29, 1.82) is 0 Å². The standard InChI is InChI=1S/C24H26N4O3/c1-13-7-19(21(29)8-14-3-4-14)25-12-18(13)17-9-16-11-26-22(27-23(30)15-5-6-15)10-20(16)28(2)24(17)31/h7,9-12,14-15,21,29H,3-6,8H2,1-2H3,(H,26,27,30). The molecule has 3 aromatic rings. The van der Waals surface area contributed by atoms with Crippen LogP contribution in [0.1, 0.15) is 49.5 Å². The van der Waals surface area contributed by atoms with E-state index >= 15 is 0 Å². The number of fused-ring (bicyclic) bond motifs is 1. The van der Waals surface area contributed by atoms with Crippen molar-refractivity contribution in [3.8, 4) is 11.1 Å². The molecule has 7 nitrogen and oxygen atoms in total. The van der Waals surface area contributed by atoms with Gasteiger partial charge in [0, 0.05) is 47.9 Å². The first-order chi connectivity index (χ1) is 14.9. The Balaban J connectivity index is 1.48. The molecule has 1 amide bonds. The molecule has 0 saturated heterocycles. The van der Waals surface area contributed by atoms with Crippen LogP contribution in [-0.4, -0.2) is 25.5 Å². The summed E-state index contributed by atoms with van der Waals surface area (Å²) in [6.45, 7) is 1.93. The van der Waals surface area contributed by atoms with Crippen LogP contribution in [0, 0.1) is 18.8 Å². The smallest absolute Gasteiger partial charge is 0.258 e. The highest BCUT2D eigenvalue weighted by atomic mass is 16.3. The third kappa shape index (κ3) is 3.97. The van der Waals surface area contributed by atoms with Crippen LogP contribution in [0.3, 0.4) is 0 Å². The lowest BCUT2D eigenvalue weighted by Crippen LogP contribution is -2.20. The molecule has 0 bridgehead atoms. The summed E-state index contributed by atoms with van der Waals surface area (Å²) in [4.78, 5) is 34.0. The zero-order chi connectivity index (χ0) is 21.7. The number of anilines is 1. The summed E-state index contributed by atoms with van der Waals surface area (Å²) in [6, 6.07) is 5.44. The molecule has 0 aromatic carbocycles. The lowest BCUT2D eigenvalue weighted by atomic mass is 10.00. The van der Waals surface area contributed by atoms with Crippen molar-refractivity contribution in [1.82, 2.24) is 14.5 Å². The van der Waals surface area contributed by atoms with Crippen molar-refractivity contribution in [2.24, 2.45) is 18.9 Å². The number of pyridine rings is 3. The predicted octanol–water partition coefficient (Wildman–Crippen LogP) is 3.49. The average Bonchev–Trinajstić information content (AvgIpc) is 3.65. The van der Waals surface area contributed by atoms with Gasteiger partial charge in [-0.15, -0.1) is 0 Å². The first kappa shape index (κ1) is 19.9. The second kappa shape index (κ2) is 7.57. The fourth-order valence-corrected chi connectivity index (χ4v) is 4.03. The van der Waals surface area contributed by atoms with Crippen molar-refractivity contribution in [2.45, 2.75) is 45.1 Å². The van der Waals surface area contributed by atoms with E-state index in [-0.39, 0.29) is 17.4 Å². The van der Waals surface area contributed by atoms with Gasteiger partial charge in [-0.25, -0.2) is 4.98 Å². The lowest BCUT2D eigenvalue weighted by Gasteiger charge is -2.14.